The second-order valence-corrected chi connectivity index (χ2v) is 5.19. The number of aromatic hydroxyl groups is 1. The molecule has 3 N–H and O–H groups in total. The first kappa shape index (κ1) is 14.6. The fourth-order valence-corrected chi connectivity index (χ4v) is 2.29. The van der Waals surface area contributed by atoms with Crippen LogP contribution in [0.2, 0.25) is 0 Å². The van der Waals surface area contributed by atoms with Crippen molar-refractivity contribution in [1.29, 1.82) is 0 Å². The average molecular weight is 323 g/mol. The minimum absolute atomic E-state index is 0. The van der Waals surface area contributed by atoms with E-state index < -0.39 is 0 Å². The molecule has 2 rings (SSSR count). The molecule has 0 radical (unpaired) electrons. The molecular formula is C12H17BrClNO2. The molecule has 1 aliphatic rings. The monoisotopic (exact) mass is 321 g/mol. The van der Waals surface area contributed by atoms with E-state index >= 15 is 0 Å². The molecule has 1 saturated carbocycles. The summed E-state index contributed by atoms with van der Waals surface area (Å²) in [7, 11) is 1.61. The fraction of sp³-hybridized carbons (Fsp3) is 0.500. The zero-order valence-electron chi connectivity index (χ0n) is 9.65. The summed E-state index contributed by atoms with van der Waals surface area (Å²) in [6.45, 7) is 0. The third kappa shape index (κ3) is 3.50. The maximum Gasteiger partial charge on any atom is 0.134 e. The van der Waals surface area contributed by atoms with Crippen LogP contribution in [0, 0.1) is 5.92 Å². The zero-order valence-corrected chi connectivity index (χ0v) is 12.1. The Morgan fingerprint density at radius 1 is 1.53 bits per heavy atom. The van der Waals surface area contributed by atoms with Crippen molar-refractivity contribution in [2.75, 3.05) is 7.11 Å². The summed E-state index contributed by atoms with van der Waals surface area (Å²) in [6.07, 6.45) is 3.46. The predicted molar refractivity (Wildman–Crippen MR) is 73.9 cm³/mol. The first-order valence-corrected chi connectivity index (χ1v) is 6.23. The summed E-state index contributed by atoms with van der Waals surface area (Å²) in [4.78, 5) is 0. The van der Waals surface area contributed by atoms with Crippen molar-refractivity contribution in [3.8, 4) is 11.5 Å². The Balaban J connectivity index is 0.00000144. The smallest absolute Gasteiger partial charge is 0.134 e. The zero-order chi connectivity index (χ0) is 11.7. The molecule has 1 aromatic rings. The van der Waals surface area contributed by atoms with Crippen LogP contribution in [0.15, 0.2) is 16.6 Å². The number of rotatable bonds is 4. The Hall–Kier alpha value is -0.450. The van der Waals surface area contributed by atoms with Gasteiger partial charge in [-0.15, -0.1) is 12.4 Å². The van der Waals surface area contributed by atoms with Crippen molar-refractivity contribution in [2.45, 2.75) is 25.3 Å². The molecule has 0 bridgehead atoms. The van der Waals surface area contributed by atoms with Crippen molar-refractivity contribution in [3.63, 3.8) is 0 Å². The number of halogens is 2. The van der Waals surface area contributed by atoms with Gasteiger partial charge in [-0.2, -0.15) is 0 Å². The summed E-state index contributed by atoms with van der Waals surface area (Å²) >= 11 is 3.30. The summed E-state index contributed by atoms with van der Waals surface area (Å²) in [6, 6.07) is 3.44. The largest absolute Gasteiger partial charge is 0.506 e. The van der Waals surface area contributed by atoms with Crippen LogP contribution in [0.3, 0.4) is 0 Å². The van der Waals surface area contributed by atoms with Gasteiger partial charge in [-0.05, 0) is 40.4 Å². The minimum atomic E-state index is -0.112. The number of phenols is 1. The Kier molecular flexibility index (Phi) is 5.10. The van der Waals surface area contributed by atoms with Crippen LogP contribution in [-0.4, -0.2) is 12.2 Å². The SMILES string of the molecule is COc1cc(Br)c(O)c([C@@H](N)CC2CC2)c1.Cl. The highest BCUT2D eigenvalue weighted by atomic mass is 79.9. The lowest BCUT2D eigenvalue weighted by atomic mass is 10.0. The lowest BCUT2D eigenvalue weighted by Crippen LogP contribution is -2.11. The van der Waals surface area contributed by atoms with Gasteiger partial charge in [-0.1, -0.05) is 12.8 Å². The van der Waals surface area contributed by atoms with E-state index in [-0.39, 0.29) is 24.2 Å². The van der Waals surface area contributed by atoms with Crippen molar-refractivity contribution in [1.82, 2.24) is 0 Å². The Bertz CT molecular complexity index is 396. The number of hydrogen-bond donors (Lipinski definition) is 2. The van der Waals surface area contributed by atoms with Crippen LogP contribution >= 0.6 is 28.3 Å². The van der Waals surface area contributed by atoms with Gasteiger partial charge in [0.1, 0.15) is 11.5 Å². The molecule has 17 heavy (non-hydrogen) atoms. The standard InChI is InChI=1S/C12H16BrNO2.ClH/c1-16-8-5-9(12(15)10(13)6-8)11(14)4-7-2-3-7;/h5-7,11,15H,2-4,14H2,1H3;1H/t11-;/m0./s1. The van der Waals surface area contributed by atoms with E-state index in [9.17, 15) is 5.11 Å². The first-order chi connectivity index (χ1) is 7.61. The van der Waals surface area contributed by atoms with Gasteiger partial charge in [0, 0.05) is 11.6 Å². The topological polar surface area (TPSA) is 55.5 Å². The normalized spacial score (nSPS) is 16.2. The number of hydrogen-bond acceptors (Lipinski definition) is 3. The molecule has 0 aromatic heterocycles. The number of nitrogens with two attached hydrogens (primary N) is 1. The van der Waals surface area contributed by atoms with Gasteiger partial charge >= 0.3 is 0 Å². The van der Waals surface area contributed by atoms with Gasteiger partial charge in [-0.3, -0.25) is 0 Å². The van der Waals surface area contributed by atoms with Crippen LogP contribution in [-0.2, 0) is 0 Å². The Labute approximate surface area is 116 Å². The highest BCUT2D eigenvalue weighted by Gasteiger charge is 2.26. The lowest BCUT2D eigenvalue weighted by Gasteiger charge is -2.15. The maximum atomic E-state index is 9.94. The molecular weight excluding hydrogens is 305 g/mol. The quantitative estimate of drug-likeness (QED) is 0.893. The first-order valence-electron chi connectivity index (χ1n) is 5.43. The molecule has 1 atom stereocenters. The van der Waals surface area contributed by atoms with Crippen LogP contribution in [0.4, 0.5) is 0 Å². The second kappa shape index (κ2) is 5.94. The molecule has 0 spiro atoms. The van der Waals surface area contributed by atoms with Gasteiger partial charge in [0.25, 0.3) is 0 Å². The minimum Gasteiger partial charge on any atom is -0.506 e. The van der Waals surface area contributed by atoms with Crippen molar-refractivity contribution >= 4 is 28.3 Å². The average Bonchev–Trinajstić information content (AvgIpc) is 3.05. The van der Waals surface area contributed by atoms with Crippen LogP contribution in [0.5, 0.6) is 11.5 Å². The van der Waals surface area contributed by atoms with Crippen LogP contribution < -0.4 is 10.5 Å². The third-order valence-corrected chi connectivity index (χ3v) is 3.59. The molecule has 1 fully saturated rings. The fourth-order valence-electron chi connectivity index (χ4n) is 1.83. The Morgan fingerprint density at radius 3 is 2.71 bits per heavy atom. The molecule has 0 amide bonds. The number of ether oxygens (including phenoxy) is 1. The summed E-state index contributed by atoms with van der Waals surface area (Å²) in [5.41, 5.74) is 6.86. The Morgan fingerprint density at radius 2 is 2.18 bits per heavy atom. The highest BCUT2D eigenvalue weighted by Crippen LogP contribution is 2.41. The van der Waals surface area contributed by atoms with Gasteiger partial charge in [0.15, 0.2) is 0 Å². The van der Waals surface area contributed by atoms with Gasteiger partial charge in [0.2, 0.25) is 0 Å². The van der Waals surface area contributed by atoms with Crippen molar-refractivity contribution in [2.24, 2.45) is 11.7 Å². The summed E-state index contributed by atoms with van der Waals surface area (Å²) < 4.78 is 5.80. The highest BCUT2D eigenvalue weighted by molar-refractivity contribution is 9.10. The number of methoxy groups -OCH3 is 1. The van der Waals surface area contributed by atoms with Crippen LogP contribution in [0.25, 0.3) is 0 Å². The molecule has 0 heterocycles. The second-order valence-electron chi connectivity index (χ2n) is 4.33. The molecule has 5 heteroatoms. The summed E-state index contributed by atoms with van der Waals surface area (Å²) in [5, 5.41) is 9.94. The van der Waals surface area contributed by atoms with Crippen LogP contribution in [0.1, 0.15) is 30.9 Å². The van der Waals surface area contributed by atoms with E-state index in [0.29, 0.717) is 10.2 Å². The maximum absolute atomic E-state index is 9.94. The van der Waals surface area contributed by atoms with E-state index in [1.54, 1.807) is 13.2 Å². The molecule has 0 aliphatic heterocycles. The lowest BCUT2D eigenvalue weighted by molar-refractivity contribution is 0.407. The molecule has 0 saturated heterocycles. The molecule has 0 unspecified atom stereocenters. The number of benzene rings is 1. The van der Waals surface area contributed by atoms with Gasteiger partial charge in [0.05, 0.1) is 11.6 Å². The van der Waals surface area contributed by atoms with E-state index in [2.05, 4.69) is 15.9 Å². The molecule has 1 aromatic carbocycles. The van der Waals surface area contributed by atoms with E-state index in [1.807, 2.05) is 6.07 Å². The number of phenolic OH excluding ortho intramolecular Hbond substituents is 1. The molecule has 3 nitrogen and oxygen atoms in total. The predicted octanol–water partition coefficient (Wildman–Crippen LogP) is 3.39. The van der Waals surface area contributed by atoms with E-state index in [4.69, 9.17) is 10.5 Å². The van der Waals surface area contributed by atoms with Gasteiger partial charge in [-0.25, -0.2) is 0 Å². The van der Waals surface area contributed by atoms with E-state index in [1.165, 1.54) is 12.8 Å². The molecule has 1 aliphatic carbocycles. The van der Waals surface area contributed by atoms with Crippen molar-refractivity contribution in [3.05, 3.63) is 22.2 Å². The van der Waals surface area contributed by atoms with E-state index in [0.717, 1.165) is 17.9 Å². The van der Waals surface area contributed by atoms with Gasteiger partial charge < -0.3 is 15.6 Å². The van der Waals surface area contributed by atoms with Crippen molar-refractivity contribution < 1.29 is 9.84 Å². The molecule has 96 valence electrons. The third-order valence-electron chi connectivity index (χ3n) is 2.99. The summed E-state index contributed by atoms with van der Waals surface area (Å²) in [5.74, 6) is 1.68.